The van der Waals surface area contributed by atoms with Crippen molar-refractivity contribution in [3.05, 3.63) is 69.4 Å². The summed E-state index contributed by atoms with van der Waals surface area (Å²) in [4.78, 5) is 12.7. The van der Waals surface area contributed by atoms with Crippen molar-refractivity contribution in [2.45, 2.75) is 38.0 Å². The van der Waals surface area contributed by atoms with Crippen molar-refractivity contribution in [3.63, 3.8) is 0 Å². The third-order valence-corrected chi connectivity index (χ3v) is 12.2. The molecule has 0 N–H and O–H groups in total. The van der Waals surface area contributed by atoms with Crippen molar-refractivity contribution in [1.82, 2.24) is 0 Å². The zero-order valence-corrected chi connectivity index (χ0v) is 23.4. The molecular weight excluding hydrogens is 696 g/mol. The molecule has 2 aliphatic carbocycles. The minimum absolute atomic E-state index is 0.172. The Hall–Kier alpha value is 0.0500. The molecule has 0 aliphatic heterocycles. The number of carbonyl (C=O) groups is 1. The maximum Gasteiger partial charge on any atom is 0.336 e. The van der Waals surface area contributed by atoms with Crippen LogP contribution in [0.3, 0.4) is 0 Å². The number of benzene rings is 2. The van der Waals surface area contributed by atoms with Gasteiger partial charge in [-0.2, -0.15) is 0 Å². The lowest BCUT2D eigenvalue weighted by atomic mass is 9.50. The first-order chi connectivity index (χ1) is 13.8. The van der Waals surface area contributed by atoms with E-state index in [1.54, 1.807) is 6.08 Å². The molecule has 0 amide bonds. The highest BCUT2D eigenvalue weighted by molar-refractivity contribution is 9.15. The first-order valence-electron chi connectivity index (χ1n) is 9.28. The smallest absolute Gasteiger partial charge is 0.336 e. The van der Waals surface area contributed by atoms with Crippen LogP contribution in [0.1, 0.15) is 37.3 Å². The van der Waals surface area contributed by atoms with E-state index in [1.807, 2.05) is 0 Å². The molecule has 2 aromatic rings. The second kappa shape index (κ2) is 8.53. The average Bonchev–Trinajstić information content (AvgIpc) is 2.73. The molecular formula is C22H17Br5O2. The van der Waals surface area contributed by atoms with E-state index in [1.165, 1.54) is 24.0 Å². The highest BCUT2D eigenvalue weighted by Crippen LogP contribution is 2.58. The van der Waals surface area contributed by atoms with E-state index in [4.69, 9.17) is 4.74 Å². The lowest BCUT2D eigenvalue weighted by Crippen LogP contribution is -2.47. The number of rotatable bonds is 2. The van der Waals surface area contributed by atoms with Gasteiger partial charge in [-0.15, -0.1) is 0 Å². The van der Waals surface area contributed by atoms with Gasteiger partial charge in [-0.05, 0) is 122 Å². The number of halogens is 5. The van der Waals surface area contributed by atoms with Gasteiger partial charge in [0.2, 0.25) is 0 Å². The summed E-state index contributed by atoms with van der Waals surface area (Å²) in [6.45, 7) is 2.24. The number of allylic oxidation sites excluding steroid dienone is 1. The number of hydrogen-bond donors (Lipinski definition) is 0. The number of esters is 1. The van der Waals surface area contributed by atoms with E-state index in [-0.39, 0.29) is 11.4 Å². The maximum absolute atomic E-state index is 12.7. The summed E-state index contributed by atoms with van der Waals surface area (Å²) in [5, 5.41) is 0. The van der Waals surface area contributed by atoms with Crippen molar-refractivity contribution < 1.29 is 9.53 Å². The van der Waals surface area contributed by atoms with Crippen LogP contribution in [-0.4, -0.2) is 5.97 Å². The van der Waals surface area contributed by atoms with Gasteiger partial charge < -0.3 is 4.74 Å². The van der Waals surface area contributed by atoms with Crippen LogP contribution >= 0.6 is 79.6 Å². The number of ether oxygens (including phenoxy) is 1. The number of hydrogen-bond acceptors (Lipinski definition) is 2. The van der Waals surface area contributed by atoms with Crippen LogP contribution in [0, 0.1) is 5.92 Å². The van der Waals surface area contributed by atoms with Gasteiger partial charge in [0.05, 0.1) is 17.9 Å². The molecule has 0 radical (unpaired) electrons. The molecule has 2 aromatic carbocycles. The van der Waals surface area contributed by atoms with Gasteiger partial charge in [-0.1, -0.05) is 36.8 Å². The first-order valence-corrected chi connectivity index (χ1v) is 13.2. The van der Waals surface area contributed by atoms with Crippen molar-refractivity contribution in [2.75, 3.05) is 0 Å². The predicted molar refractivity (Wildman–Crippen MR) is 133 cm³/mol. The van der Waals surface area contributed by atoms with E-state index in [0.29, 0.717) is 20.6 Å². The molecule has 0 bridgehead atoms. The Balaban J connectivity index is 1.57. The van der Waals surface area contributed by atoms with Crippen LogP contribution in [0.25, 0.3) is 0 Å². The van der Waals surface area contributed by atoms with E-state index in [0.717, 1.165) is 31.8 Å². The summed E-state index contributed by atoms with van der Waals surface area (Å²) < 4.78 is 9.43. The van der Waals surface area contributed by atoms with Crippen molar-refractivity contribution >= 4 is 85.6 Å². The van der Waals surface area contributed by atoms with Crippen molar-refractivity contribution in [1.29, 1.82) is 0 Å². The fraction of sp³-hybridized carbons (Fsp3) is 0.318. The second-order valence-electron chi connectivity index (χ2n) is 7.60. The molecule has 0 unspecified atom stereocenters. The molecule has 7 heteroatoms. The molecule has 0 aromatic heterocycles. The van der Waals surface area contributed by atoms with Gasteiger partial charge in [0.25, 0.3) is 0 Å². The summed E-state index contributed by atoms with van der Waals surface area (Å²) >= 11 is 17.5. The maximum atomic E-state index is 12.7. The monoisotopic (exact) mass is 708 g/mol. The number of fused-ring (bicyclic) bond motifs is 2. The molecule has 0 saturated heterocycles. The number of aryl methyl sites for hydroxylation is 1. The quantitative estimate of drug-likeness (QED) is 0.103. The highest BCUT2D eigenvalue weighted by Gasteiger charge is 2.50. The van der Waals surface area contributed by atoms with Gasteiger partial charge in [0.1, 0.15) is 0 Å². The van der Waals surface area contributed by atoms with Crippen LogP contribution in [-0.2, 0) is 16.6 Å². The minimum atomic E-state index is -0.353. The lowest BCUT2D eigenvalue weighted by molar-refractivity contribution is -0.129. The van der Waals surface area contributed by atoms with Crippen LogP contribution in [0.4, 0.5) is 0 Å². The summed E-state index contributed by atoms with van der Waals surface area (Å²) in [5.74, 6) is 0.429. The summed E-state index contributed by atoms with van der Waals surface area (Å²) in [5.41, 5.74) is 4.26. The molecule has 1 fully saturated rings. The Morgan fingerprint density at radius 2 is 1.66 bits per heavy atom. The molecule has 0 heterocycles. The molecule has 2 aliphatic rings. The van der Waals surface area contributed by atoms with Crippen LogP contribution < -0.4 is 4.74 Å². The van der Waals surface area contributed by atoms with Crippen LogP contribution in [0.15, 0.2) is 58.3 Å². The Bertz CT molecular complexity index is 1020. The SMILES string of the molecule is C[C@@H]1/C(=C/C(=O)Oc2c(Br)c(Br)c(Br)c(Br)c2Br)C[C@]12CCCc1ccccc12. The molecule has 4 rings (SSSR count). The fourth-order valence-electron chi connectivity index (χ4n) is 4.61. The third-order valence-electron chi connectivity index (χ3n) is 6.20. The van der Waals surface area contributed by atoms with Gasteiger partial charge in [-0.25, -0.2) is 4.79 Å². The molecule has 1 spiro atoms. The first kappa shape index (κ1) is 22.3. The minimum Gasteiger partial charge on any atom is -0.421 e. The Labute approximate surface area is 212 Å². The predicted octanol–water partition coefficient (Wildman–Crippen LogP) is 8.64. The van der Waals surface area contributed by atoms with Gasteiger partial charge in [-0.3, -0.25) is 0 Å². The Morgan fingerprint density at radius 3 is 2.31 bits per heavy atom. The Kier molecular flexibility index (Phi) is 6.55. The molecule has 2 nitrogen and oxygen atoms in total. The van der Waals surface area contributed by atoms with Crippen molar-refractivity contribution in [3.8, 4) is 5.75 Å². The van der Waals surface area contributed by atoms with E-state index < -0.39 is 0 Å². The molecule has 29 heavy (non-hydrogen) atoms. The largest absolute Gasteiger partial charge is 0.421 e. The van der Waals surface area contributed by atoms with E-state index in [2.05, 4.69) is 111 Å². The van der Waals surface area contributed by atoms with Gasteiger partial charge in [0.15, 0.2) is 5.75 Å². The summed E-state index contributed by atoms with van der Waals surface area (Å²) in [6, 6.07) is 8.77. The van der Waals surface area contributed by atoms with Crippen LogP contribution in [0.2, 0.25) is 0 Å². The zero-order valence-electron chi connectivity index (χ0n) is 15.5. The average molecular weight is 713 g/mol. The van der Waals surface area contributed by atoms with E-state index >= 15 is 0 Å². The Morgan fingerprint density at radius 1 is 1.03 bits per heavy atom. The number of carbonyl (C=O) groups excluding carboxylic acids is 1. The topological polar surface area (TPSA) is 26.3 Å². The van der Waals surface area contributed by atoms with Gasteiger partial charge >= 0.3 is 5.97 Å². The van der Waals surface area contributed by atoms with Crippen LogP contribution in [0.5, 0.6) is 5.75 Å². The van der Waals surface area contributed by atoms with E-state index in [9.17, 15) is 4.79 Å². The third kappa shape index (κ3) is 3.77. The second-order valence-corrected chi connectivity index (χ2v) is 11.6. The lowest BCUT2D eigenvalue weighted by Gasteiger charge is -2.53. The highest BCUT2D eigenvalue weighted by atomic mass is 79.9. The summed E-state index contributed by atoms with van der Waals surface area (Å²) in [6.07, 6.45) is 6.15. The van der Waals surface area contributed by atoms with Crippen molar-refractivity contribution in [2.24, 2.45) is 5.92 Å². The fourth-order valence-corrected chi connectivity index (χ4v) is 7.78. The standard InChI is InChI=1S/C22H17Br5O2/c1-11-13(10-22(11)8-4-6-12-5-2-3-7-14(12)22)9-15(28)29-21-19(26)17(24)16(23)18(25)20(21)27/h2-3,5,7,9,11H,4,6,8,10H2,1H3/b13-9+/t11-,22-/m1/s1. The zero-order chi connectivity index (χ0) is 20.9. The molecule has 1 saturated carbocycles. The normalized spacial score (nSPS) is 24.3. The molecule has 152 valence electrons. The van der Waals surface area contributed by atoms with Gasteiger partial charge in [0, 0.05) is 16.0 Å². The molecule has 2 atom stereocenters. The summed E-state index contributed by atoms with van der Waals surface area (Å²) in [7, 11) is 0.